The summed E-state index contributed by atoms with van der Waals surface area (Å²) in [5.74, 6) is 2.17. The third-order valence-electron chi connectivity index (χ3n) is 4.27. The van der Waals surface area contributed by atoms with Crippen molar-refractivity contribution in [2.75, 3.05) is 31.8 Å². The van der Waals surface area contributed by atoms with Gasteiger partial charge in [0.25, 0.3) is 0 Å². The number of urea groups is 1. The van der Waals surface area contributed by atoms with Crippen molar-refractivity contribution in [1.82, 2.24) is 4.90 Å². The summed E-state index contributed by atoms with van der Waals surface area (Å²) in [4.78, 5) is 14.6. The van der Waals surface area contributed by atoms with Crippen molar-refractivity contribution < 1.29 is 14.3 Å². The van der Waals surface area contributed by atoms with Gasteiger partial charge >= 0.3 is 6.03 Å². The first-order chi connectivity index (χ1) is 12.5. The van der Waals surface area contributed by atoms with Gasteiger partial charge in [-0.25, -0.2) is 4.79 Å². The first-order valence-electron chi connectivity index (χ1n) is 8.21. The molecule has 0 unspecified atom stereocenters. The van der Waals surface area contributed by atoms with E-state index in [4.69, 9.17) is 21.1 Å². The molecule has 5 nitrogen and oxygen atoms in total. The van der Waals surface area contributed by atoms with Crippen LogP contribution >= 0.6 is 23.4 Å². The van der Waals surface area contributed by atoms with Gasteiger partial charge in [-0.3, -0.25) is 0 Å². The van der Waals surface area contributed by atoms with Gasteiger partial charge in [0.2, 0.25) is 0 Å². The molecule has 1 N–H and O–H groups in total. The summed E-state index contributed by atoms with van der Waals surface area (Å²) >= 11 is 7.86. The Morgan fingerprint density at radius 3 is 2.77 bits per heavy atom. The van der Waals surface area contributed by atoms with Crippen molar-refractivity contribution in [3.05, 3.63) is 52.5 Å². The molecule has 1 aliphatic heterocycles. The predicted octanol–water partition coefficient (Wildman–Crippen LogP) is 4.95. The van der Waals surface area contributed by atoms with Crippen LogP contribution in [0.25, 0.3) is 0 Å². The van der Waals surface area contributed by atoms with Crippen molar-refractivity contribution in [3.63, 3.8) is 0 Å². The number of hydrogen-bond donors (Lipinski definition) is 1. The highest BCUT2D eigenvalue weighted by Gasteiger charge is 2.33. The second-order valence-corrected chi connectivity index (χ2v) is 7.49. The number of benzene rings is 2. The smallest absolute Gasteiger partial charge is 0.323 e. The average molecular weight is 393 g/mol. The van der Waals surface area contributed by atoms with Crippen molar-refractivity contribution >= 4 is 35.1 Å². The Kier molecular flexibility index (Phi) is 5.84. The van der Waals surface area contributed by atoms with Crippen LogP contribution in [0.4, 0.5) is 10.5 Å². The number of nitrogens with zero attached hydrogens (tertiary/aromatic N) is 1. The van der Waals surface area contributed by atoms with E-state index in [-0.39, 0.29) is 11.4 Å². The van der Waals surface area contributed by atoms with Gasteiger partial charge in [0, 0.05) is 28.6 Å². The number of ether oxygens (including phenoxy) is 2. The first-order valence-corrected chi connectivity index (χ1v) is 9.64. The zero-order valence-corrected chi connectivity index (χ0v) is 16.5. The van der Waals surface area contributed by atoms with Crippen LogP contribution in [0, 0.1) is 6.92 Å². The van der Waals surface area contributed by atoms with Crippen LogP contribution in [0.3, 0.4) is 0 Å². The van der Waals surface area contributed by atoms with Crippen LogP contribution in [0.1, 0.15) is 16.5 Å². The average Bonchev–Trinajstić information content (AvgIpc) is 3.13. The molecule has 26 heavy (non-hydrogen) atoms. The lowest BCUT2D eigenvalue weighted by Crippen LogP contribution is -2.34. The number of amides is 2. The highest BCUT2D eigenvalue weighted by Crippen LogP contribution is 2.45. The minimum absolute atomic E-state index is 0.138. The zero-order chi connectivity index (χ0) is 18.7. The van der Waals surface area contributed by atoms with E-state index in [1.165, 1.54) is 0 Å². The third-order valence-corrected chi connectivity index (χ3v) is 5.92. The predicted molar refractivity (Wildman–Crippen MR) is 107 cm³/mol. The van der Waals surface area contributed by atoms with Crippen LogP contribution in [-0.4, -0.2) is 37.4 Å². The SMILES string of the molecule is COc1cccc([C@@H]2SCCN2C(=O)Nc2ccc(C)c(Cl)c2)c1OC. The Bertz CT molecular complexity index is 815. The number of nitrogens with one attached hydrogen (secondary N) is 1. The number of rotatable bonds is 4. The molecule has 1 fully saturated rings. The van der Waals surface area contributed by atoms with E-state index in [1.54, 1.807) is 36.9 Å². The Hall–Kier alpha value is -2.05. The van der Waals surface area contributed by atoms with Gasteiger partial charge < -0.3 is 19.7 Å². The van der Waals surface area contributed by atoms with Gasteiger partial charge in [0.1, 0.15) is 5.37 Å². The number of para-hydroxylation sites is 1. The summed E-state index contributed by atoms with van der Waals surface area (Å²) in [6, 6.07) is 11.1. The van der Waals surface area contributed by atoms with Gasteiger partial charge in [0.15, 0.2) is 11.5 Å². The van der Waals surface area contributed by atoms with Crippen molar-refractivity contribution in [2.45, 2.75) is 12.3 Å². The van der Waals surface area contributed by atoms with Gasteiger partial charge in [-0.1, -0.05) is 29.8 Å². The molecular weight excluding hydrogens is 372 g/mol. The number of anilines is 1. The van der Waals surface area contributed by atoms with Gasteiger partial charge in [-0.15, -0.1) is 11.8 Å². The highest BCUT2D eigenvalue weighted by molar-refractivity contribution is 7.99. The largest absolute Gasteiger partial charge is 0.493 e. The molecule has 7 heteroatoms. The van der Waals surface area contributed by atoms with Crippen LogP contribution in [0.2, 0.25) is 5.02 Å². The molecule has 0 bridgehead atoms. The summed E-state index contributed by atoms with van der Waals surface area (Å²) < 4.78 is 10.9. The Morgan fingerprint density at radius 2 is 2.08 bits per heavy atom. The number of carbonyl (C=O) groups is 1. The number of methoxy groups -OCH3 is 2. The molecule has 0 spiro atoms. The summed E-state index contributed by atoms with van der Waals surface area (Å²) in [6.45, 7) is 2.58. The lowest BCUT2D eigenvalue weighted by molar-refractivity contribution is 0.213. The first kappa shape index (κ1) is 18.7. The number of halogens is 1. The molecule has 1 aliphatic rings. The second-order valence-electron chi connectivity index (χ2n) is 5.89. The number of aryl methyl sites for hydroxylation is 1. The summed E-state index contributed by atoms with van der Waals surface area (Å²) in [6.07, 6.45) is 0. The maximum atomic E-state index is 12.8. The number of thioether (sulfide) groups is 1. The molecule has 0 saturated carbocycles. The monoisotopic (exact) mass is 392 g/mol. The molecule has 1 saturated heterocycles. The topological polar surface area (TPSA) is 50.8 Å². The molecule has 2 aromatic rings. The fraction of sp³-hybridized carbons (Fsp3) is 0.316. The van der Waals surface area contributed by atoms with E-state index in [1.807, 2.05) is 37.3 Å². The fourth-order valence-electron chi connectivity index (χ4n) is 2.91. The van der Waals surface area contributed by atoms with E-state index in [9.17, 15) is 4.79 Å². The molecule has 138 valence electrons. The minimum atomic E-state index is -0.162. The zero-order valence-electron chi connectivity index (χ0n) is 14.9. The summed E-state index contributed by atoms with van der Waals surface area (Å²) in [5.41, 5.74) is 2.57. The Labute approximate surface area is 162 Å². The lowest BCUT2D eigenvalue weighted by Gasteiger charge is -2.26. The maximum Gasteiger partial charge on any atom is 0.323 e. The molecule has 1 atom stereocenters. The van der Waals surface area contributed by atoms with Crippen LogP contribution in [-0.2, 0) is 0 Å². The second kappa shape index (κ2) is 8.10. The quantitative estimate of drug-likeness (QED) is 0.800. The van der Waals surface area contributed by atoms with E-state index in [2.05, 4.69) is 5.32 Å². The van der Waals surface area contributed by atoms with E-state index in [0.717, 1.165) is 16.9 Å². The van der Waals surface area contributed by atoms with E-state index >= 15 is 0 Å². The van der Waals surface area contributed by atoms with Gasteiger partial charge in [-0.2, -0.15) is 0 Å². The minimum Gasteiger partial charge on any atom is -0.493 e. The van der Waals surface area contributed by atoms with Crippen LogP contribution < -0.4 is 14.8 Å². The van der Waals surface area contributed by atoms with E-state index in [0.29, 0.717) is 28.8 Å². The molecule has 1 heterocycles. The molecular formula is C19H21ClN2O3S. The molecule has 2 aromatic carbocycles. The van der Waals surface area contributed by atoms with Crippen molar-refractivity contribution in [1.29, 1.82) is 0 Å². The lowest BCUT2D eigenvalue weighted by atomic mass is 10.1. The van der Waals surface area contributed by atoms with Crippen molar-refractivity contribution in [2.24, 2.45) is 0 Å². The van der Waals surface area contributed by atoms with Crippen molar-refractivity contribution in [3.8, 4) is 11.5 Å². The Balaban J connectivity index is 1.84. The number of hydrogen-bond acceptors (Lipinski definition) is 4. The molecule has 0 aliphatic carbocycles. The molecule has 2 amide bonds. The summed E-state index contributed by atoms with van der Waals surface area (Å²) in [7, 11) is 3.22. The van der Waals surface area contributed by atoms with E-state index < -0.39 is 0 Å². The molecule has 0 radical (unpaired) electrons. The highest BCUT2D eigenvalue weighted by atomic mass is 35.5. The fourth-order valence-corrected chi connectivity index (χ4v) is 4.36. The molecule has 3 rings (SSSR count). The van der Waals surface area contributed by atoms with Crippen LogP contribution in [0.5, 0.6) is 11.5 Å². The Morgan fingerprint density at radius 1 is 1.27 bits per heavy atom. The summed E-state index contributed by atoms with van der Waals surface area (Å²) in [5, 5.41) is 3.43. The maximum absolute atomic E-state index is 12.8. The van der Waals surface area contributed by atoms with Gasteiger partial charge in [-0.05, 0) is 30.7 Å². The normalized spacial score (nSPS) is 16.5. The third kappa shape index (κ3) is 3.71. The molecule has 0 aromatic heterocycles. The van der Waals surface area contributed by atoms with Gasteiger partial charge in [0.05, 0.1) is 14.2 Å². The van der Waals surface area contributed by atoms with Crippen LogP contribution in [0.15, 0.2) is 36.4 Å². The number of carbonyl (C=O) groups excluding carboxylic acids is 1. The standard InChI is InChI=1S/C19H21ClN2O3S/c1-12-7-8-13(11-15(12)20)21-19(23)22-9-10-26-18(22)14-5-4-6-16(24-2)17(14)25-3/h4-8,11,18H,9-10H2,1-3H3,(H,21,23)/t18-/m0/s1.